The first-order chi connectivity index (χ1) is 10.8. The summed E-state index contributed by atoms with van der Waals surface area (Å²) in [5.41, 5.74) is 5.81. The number of hydrogen-bond donors (Lipinski definition) is 2. The highest BCUT2D eigenvalue weighted by molar-refractivity contribution is 5.78. The van der Waals surface area contributed by atoms with E-state index in [1.165, 1.54) is 17.0 Å². The summed E-state index contributed by atoms with van der Waals surface area (Å²) < 4.78 is 39.9. The third kappa shape index (κ3) is 2.64. The van der Waals surface area contributed by atoms with Gasteiger partial charge in [0.25, 0.3) is 0 Å². The number of rotatable bonds is 2. The van der Waals surface area contributed by atoms with Crippen LogP contribution in [0.25, 0.3) is 22.6 Å². The van der Waals surface area contributed by atoms with Gasteiger partial charge in [0.2, 0.25) is 0 Å². The zero-order valence-electron chi connectivity index (χ0n) is 11.9. The molecule has 0 saturated heterocycles. The average Bonchev–Trinajstić information content (AvgIpc) is 2.83. The quantitative estimate of drug-likeness (QED) is 0.704. The Balaban J connectivity index is 2.22. The first-order valence-corrected chi connectivity index (χ1v) is 6.56. The minimum absolute atomic E-state index is 0.103. The monoisotopic (exact) mass is 323 g/mol. The fourth-order valence-corrected chi connectivity index (χ4v) is 2.32. The molecule has 3 aromatic rings. The molecule has 3 rings (SSSR count). The Labute approximate surface area is 128 Å². The smallest absolute Gasteiger partial charge is 0.374 e. The minimum Gasteiger partial charge on any atom is -0.374 e. The van der Waals surface area contributed by atoms with Crippen molar-refractivity contribution in [1.82, 2.24) is 19.5 Å². The van der Waals surface area contributed by atoms with Crippen LogP contribution in [0.1, 0.15) is 17.4 Å². The molecule has 0 aliphatic heterocycles. The van der Waals surface area contributed by atoms with Crippen molar-refractivity contribution in [2.75, 3.05) is 0 Å². The lowest BCUT2D eigenvalue weighted by Crippen LogP contribution is -2.11. The van der Waals surface area contributed by atoms with E-state index in [0.29, 0.717) is 22.6 Å². The SMILES string of the molecule is Cn1c(-c2ccncc2C(N)O)nc2cc(C(F)(F)F)cnc21. The predicted molar refractivity (Wildman–Crippen MR) is 75.9 cm³/mol. The number of aliphatic hydroxyl groups excluding tert-OH is 1. The van der Waals surface area contributed by atoms with E-state index in [2.05, 4.69) is 15.0 Å². The number of alkyl halides is 3. The van der Waals surface area contributed by atoms with Gasteiger partial charge in [-0.25, -0.2) is 9.97 Å². The Morgan fingerprint density at radius 3 is 2.70 bits per heavy atom. The number of nitrogens with zero attached hydrogens (tertiary/aromatic N) is 4. The molecule has 3 N–H and O–H groups in total. The molecule has 3 heterocycles. The van der Waals surface area contributed by atoms with Crippen LogP contribution in [0.2, 0.25) is 0 Å². The molecular formula is C14H12F3N5O. The van der Waals surface area contributed by atoms with E-state index in [4.69, 9.17) is 5.73 Å². The molecule has 1 atom stereocenters. The summed E-state index contributed by atoms with van der Waals surface area (Å²) in [6.45, 7) is 0. The molecule has 1 unspecified atom stereocenters. The van der Waals surface area contributed by atoms with Crippen LogP contribution in [-0.4, -0.2) is 24.6 Å². The molecule has 3 aromatic heterocycles. The Hall–Kier alpha value is -2.52. The van der Waals surface area contributed by atoms with Crippen molar-refractivity contribution in [2.45, 2.75) is 12.4 Å². The van der Waals surface area contributed by atoms with Crippen LogP contribution in [0, 0.1) is 0 Å². The van der Waals surface area contributed by atoms with Gasteiger partial charge in [-0.1, -0.05) is 0 Å². The third-order valence-corrected chi connectivity index (χ3v) is 3.45. The van der Waals surface area contributed by atoms with Crippen molar-refractivity contribution in [3.8, 4) is 11.4 Å². The summed E-state index contributed by atoms with van der Waals surface area (Å²) in [6, 6.07) is 2.52. The molecule has 6 nitrogen and oxygen atoms in total. The standard InChI is InChI=1S/C14H12F3N5O/c1-22-12(8-2-3-19-6-9(8)11(18)23)21-10-4-7(14(15,16)17)5-20-13(10)22/h2-6,11,23H,18H2,1H3. The summed E-state index contributed by atoms with van der Waals surface area (Å²) in [5, 5.41) is 9.62. The highest BCUT2D eigenvalue weighted by atomic mass is 19.4. The molecule has 0 aromatic carbocycles. The first-order valence-electron chi connectivity index (χ1n) is 6.56. The van der Waals surface area contributed by atoms with Crippen molar-refractivity contribution in [3.05, 3.63) is 41.9 Å². The Morgan fingerprint density at radius 1 is 1.30 bits per heavy atom. The molecular weight excluding hydrogens is 311 g/mol. The van der Waals surface area contributed by atoms with Crippen LogP contribution < -0.4 is 5.73 Å². The van der Waals surface area contributed by atoms with E-state index in [-0.39, 0.29) is 5.52 Å². The normalized spacial score (nSPS) is 13.5. The van der Waals surface area contributed by atoms with Gasteiger partial charge in [0, 0.05) is 36.8 Å². The number of pyridine rings is 2. The number of fused-ring (bicyclic) bond motifs is 1. The second-order valence-electron chi connectivity index (χ2n) is 4.97. The van der Waals surface area contributed by atoms with E-state index in [1.807, 2.05) is 0 Å². The molecule has 23 heavy (non-hydrogen) atoms. The molecule has 0 aliphatic rings. The van der Waals surface area contributed by atoms with E-state index >= 15 is 0 Å². The summed E-state index contributed by atoms with van der Waals surface area (Å²) in [4.78, 5) is 11.9. The molecule has 0 aliphatic carbocycles. The van der Waals surface area contributed by atoms with Gasteiger partial charge in [-0.2, -0.15) is 13.2 Å². The van der Waals surface area contributed by atoms with Crippen LogP contribution in [-0.2, 0) is 13.2 Å². The van der Waals surface area contributed by atoms with Crippen LogP contribution >= 0.6 is 0 Å². The molecule has 0 spiro atoms. The van der Waals surface area contributed by atoms with Crippen LogP contribution in [0.3, 0.4) is 0 Å². The van der Waals surface area contributed by atoms with Gasteiger partial charge in [0.15, 0.2) is 5.65 Å². The highest BCUT2D eigenvalue weighted by Crippen LogP contribution is 2.32. The number of nitrogens with two attached hydrogens (primary N) is 1. The molecule has 0 radical (unpaired) electrons. The maximum absolute atomic E-state index is 12.8. The van der Waals surface area contributed by atoms with Gasteiger partial charge in [-0.3, -0.25) is 4.98 Å². The largest absolute Gasteiger partial charge is 0.417 e. The van der Waals surface area contributed by atoms with Crippen molar-refractivity contribution < 1.29 is 18.3 Å². The first kappa shape index (κ1) is 15.4. The number of aryl methyl sites for hydroxylation is 1. The van der Waals surface area contributed by atoms with Crippen LogP contribution in [0.5, 0.6) is 0 Å². The zero-order chi connectivity index (χ0) is 16.8. The maximum Gasteiger partial charge on any atom is 0.417 e. The lowest BCUT2D eigenvalue weighted by molar-refractivity contribution is -0.137. The molecule has 9 heteroatoms. The maximum atomic E-state index is 12.8. The fourth-order valence-electron chi connectivity index (χ4n) is 2.32. The van der Waals surface area contributed by atoms with Crippen molar-refractivity contribution in [3.63, 3.8) is 0 Å². The predicted octanol–water partition coefficient (Wildman–Crippen LogP) is 2.00. The second kappa shape index (κ2) is 5.28. The van der Waals surface area contributed by atoms with E-state index in [9.17, 15) is 18.3 Å². The van der Waals surface area contributed by atoms with Crippen molar-refractivity contribution in [1.29, 1.82) is 0 Å². The van der Waals surface area contributed by atoms with Gasteiger partial charge in [0.1, 0.15) is 17.6 Å². The molecule has 0 saturated carbocycles. The van der Waals surface area contributed by atoms with Crippen molar-refractivity contribution >= 4 is 11.2 Å². The number of hydrogen-bond acceptors (Lipinski definition) is 5. The number of imidazole rings is 1. The van der Waals surface area contributed by atoms with E-state index in [1.54, 1.807) is 13.1 Å². The van der Waals surface area contributed by atoms with Gasteiger partial charge in [0.05, 0.1) is 5.56 Å². The topological polar surface area (TPSA) is 89.9 Å². The van der Waals surface area contributed by atoms with Gasteiger partial charge in [-0.15, -0.1) is 0 Å². The fraction of sp³-hybridized carbons (Fsp3) is 0.214. The lowest BCUT2D eigenvalue weighted by atomic mass is 10.1. The summed E-state index contributed by atoms with van der Waals surface area (Å²) >= 11 is 0. The summed E-state index contributed by atoms with van der Waals surface area (Å²) in [6.07, 6.45) is -2.15. The molecule has 0 fully saturated rings. The van der Waals surface area contributed by atoms with E-state index < -0.39 is 18.0 Å². The van der Waals surface area contributed by atoms with E-state index in [0.717, 1.165) is 12.3 Å². The average molecular weight is 323 g/mol. The summed E-state index contributed by atoms with van der Waals surface area (Å²) in [5.74, 6) is 0.341. The summed E-state index contributed by atoms with van der Waals surface area (Å²) in [7, 11) is 1.62. The molecule has 0 amide bonds. The molecule has 120 valence electrons. The highest BCUT2D eigenvalue weighted by Gasteiger charge is 2.31. The number of aliphatic hydroxyl groups is 1. The van der Waals surface area contributed by atoms with Gasteiger partial charge in [-0.05, 0) is 12.1 Å². The van der Waals surface area contributed by atoms with Crippen LogP contribution in [0.15, 0.2) is 30.7 Å². The second-order valence-corrected chi connectivity index (χ2v) is 4.97. The van der Waals surface area contributed by atoms with Gasteiger partial charge < -0.3 is 15.4 Å². The Morgan fingerprint density at radius 2 is 2.04 bits per heavy atom. The van der Waals surface area contributed by atoms with Gasteiger partial charge >= 0.3 is 6.18 Å². The van der Waals surface area contributed by atoms with Crippen LogP contribution in [0.4, 0.5) is 13.2 Å². The number of aromatic nitrogens is 4. The third-order valence-electron chi connectivity index (χ3n) is 3.45. The Bertz CT molecular complexity index is 872. The van der Waals surface area contributed by atoms with Crippen molar-refractivity contribution in [2.24, 2.45) is 12.8 Å². The molecule has 0 bridgehead atoms. The lowest BCUT2D eigenvalue weighted by Gasteiger charge is -2.10. The number of halogens is 3. The minimum atomic E-state index is -4.49. The zero-order valence-corrected chi connectivity index (χ0v) is 11.9. The Kier molecular flexibility index (Phi) is 3.53.